The first-order valence-corrected chi connectivity index (χ1v) is 2.60. The molecule has 0 aromatic carbocycles. The molecule has 0 spiro atoms. The van der Waals surface area contributed by atoms with Crippen LogP contribution in [0.1, 0.15) is 0 Å². The predicted molar refractivity (Wildman–Crippen MR) is 30.8 cm³/mol. The van der Waals surface area contributed by atoms with Gasteiger partial charge in [0.1, 0.15) is 0 Å². The molecule has 1 nitrogen and oxygen atoms in total. The third-order valence-corrected chi connectivity index (χ3v) is 0.671. The second kappa shape index (κ2) is 4.66. The lowest BCUT2D eigenvalue weighted by molar-refractivity contribution is 0.958. The maximum Gasteiger partial charge on any atom is 0.0394 e. The summed E-state index contributed by atoms with van der Waals surface area (Å²) >= 11 is 7.68. The van der Waals surface area contributed by atoms with E-state index in [-0.39, 0.29) is 0 Å². The first kappa shape index (κ1) is 5.66. The Morgan fingerprint density at radius 3 is 1.60 bits per heavy atom. The molecule has 3 heteroatoms. The van der Waals surface area contributed by atoms with Gasteiger partial charge in [-0.2, -0.15) is 25.3 Å². The van der Waals surface area contributed by atoms with E-state index in [0.29, 0.717) is 11.8 Å². The monoisotopic (exact) mass is 109 g/mol. The molecular weight excluding hydrogens is 102 g/mol. The average Bonchev–Trinajstić information content (AvgIpc) is 1.41. The zero-order valence-corrected chi connectivity index (χ0v) is 4.60. The summed E-state index contributed by atoms with van der Waals surface area (Å²) in [4.78, 5) is 0. The van der Waals surface area contributed by atoms with E-state index in [1.165, 1.54) is 0 Å². The summed E-state index contributed by atoms with van der Waals surface area (Å²) in [5.74, 6) is 1.42. The molecule has 0 aromatic heterocycles. The number of rotatable bonds is 2. The zero-order valence-electron chi connectivity index (χ0n) is 2.81. The van der Waals surface area contributed by atoms with Crippen LogP contribution in [0.15, 0.2) is 0 Å². The van der Waals surface area contributed by atoms with E-state index in [9.17, 15) is 0 Å². The normalized spacial score (nSPS) is 8.40. The highest BCUT2D eigenvalue weighted by atomic mass is 32.1. The van der Waals surface area contributed by atoms with Gasteiger partial charge in [-0.05, 0) is 0 Å². The van der Waals surface area contributed by atoms with Gasteiger partial charge in [-0.3, -0.25) is 5.32 Å². The van der Waals surface area contributed by atoms with Crippen molar-refractivity contribution in [3.63, 3.8) is 0 Å². The molecule has 0 aromatic rings. The fourth-order valence-corrected chi connectivity index (χ4v) is 0.450. The Morgan fingerprint density at radius 1 is 1.20 bits per heavy atom. The Hall–Kier alpha value is 0.660. The summed E-state index contributed by atoms with van der Waals surface area (Å²) in [7, 11) is 0. The second-order valence-electron chi connectivity index (χ2n) is 0.566. The quantitative estimate of drug-likeness (QED) is 0.343. The maximum atomic E-state index is 3.84. The second-order valence-corrected chi connectivity index (χ2v) is 1.20. The molecule has 0 bridgehead atoms. The van der Waals surface area contributed by atoms with Crippen LogP contribution in [-0.2, 0) is 0 Å². The van der Waals surface area contributed by atoms with Gasteiger partial charge in [0.15, 0.2) is 0 Å². The minimum Gasteiger partial charge on any atom is -0.299 e. The molecular formula is C2H7NS2. The Balaban J connectivity index is 2.19. The SMILES string of the molecule is SCNCS. The third-order valence-electron chi connectivity index (χ3n) is 0.224. The van der Waals surface area contributed by atoms with Crippen LogP contribution in [0.2, 0.25) is 0 Å². The largest absolute Gasteiger partial charge is 0.299 e. The van der Waals surface area contributed by atoms with Crippen molar-refractivity contribution in [2.24, 2.45) is 0 Å². The first-order valence-electron chi connectivity index (χ1n) is 1.34. The van der Waals surface area contributed by atoms with Crippen LogP contribution < -0.4 is 5.32 Å². The fourth-order valence-electron chi connectivity index (χ4n) is 0.0500. The molecule has 0 aliphatic rings. The molecule has 32 valence electrons. The molecule has 0 fully saturated rings. The van der Waals surface area contributed by atoms with Gasteiger partial charge >= 0.3 is 0 Å². The van der Waals surface area contributed by atoms with E-state index in [1.807, 2.05) is 0 Å². The van der Waals surface area contributed by atoms with Crippen molar-refractivity contribution in [1.29, 1.82) is 0 Å². The molecule has 0 saturated heterocycles. The van der Waals surface area contributed by atoms with Gasteiger partial charge in [-0.25, -0.2) is 0 Å². The molecule has 5 heavy (non-hydrogen) atoms. The van der Waals surface area contributed by atoms with E-state index < -0.39 is 0 Å². The van der Waals surface area contributed by atoms with Crippen LogP contribution in [0.5, 0.6) is 0 Å². The Kier molecular flexibility index (Phi) is 5.28. The van der Waals surface area contributed by atoms with Gasteiger partial charge < -0.3 is 0 Å². The number of hydrogen-bond acceptors (Lipinski definition) is 3. The van der Waals surface area contributed by atoms with Crippen molar-refractivity contribution >= 4 is 25.3 Å². The Labute approximate surface area is 43.0 Å². The minimum atomic E-state index is 0.712. The van der Waals surface area contributed by atoms with Crippen molar-refractivity contribution in [1.82, 2.24) is 5.32 Å². The molecule has 0 rings (SSSR count). The van der Waals surface area contributed by atoms with E-state index in [0.717, 1.165) is 0 Å². The van der Waals surface area contributed by atoms with Gasteiger partial charge in [-0.15, -0.1) is 0 Å². The molecule has 0 aliphatic heterocycles. The first-order chi connectivity index (χ1) is 2.41. The molecule has 0 saturated carbocycles. The summed E-state index contributed by atoms with van der Waals surface area (Å²) in [6.07, 6.45) is 0. The number of thiol groups is 2. The van der Waals surface area contributed by atoms with Crippen LogP contribution >= 0.6 is 25.3 Å². The summed E-state index contributed by atoms with van der Waals surface area (Å²) in [6.45, 7) is 0. The van der Waals surface area contributed by atoms with Crippen LogP contribution in [0, 0.1) is 0 Å². The van der Waals surface area contributed by atoms with E-state index in [1.54, 1.807) is 0 Å². The number of nitrogens with one attached hydrogen (secondary N) is 1. The van der Waals surface area contributed by atoms with Crippen molar-refractivity contribution in [2.75, 3.05) is 11.8 Å². The summed E-state index contributed by atoms with van der Waals surface area (Å²) in [5.41, 5.74) is 0. The molecule has 0 amide bonds. The van der Waals surface area contributed by atoms with Gasteiger partial charge in [0.25, 0.3) is 0 Å². The highest BCUT2D eigenvalue weighted by Gasteiger charge is 1.63. The van der Waals surface area contributed by atoms with E-state index in [2.05, 4.69) is 30.6 Å². The van der Waals surface area contributed by atoms with Crippen LogP contribution in [-0.4, -0.2) is 11.8 Å². The fraction of sp³-hybridized carbons (Fsp3) is 1.00. The number of hydrogen-bond donors (Lipinski definition) is 3. The lowest BCUT2D eigenvalue weighted by Gasteiger charge is -1.85. The van der Waals surface area contributed by atoms with E-state index in [4.69, 9.17) is 0 Å². The van der Waals surface area contributed by atoms with Crippen LogP contribution in [0.4, 0.5) is 0 Å². The topological polar surface area (TPSA) is 12.0 Å². The van der Waals surface area contributed by atoms with Crippen molar-refractivity contribution in [3.05, 3.63) is 0 Å². The van der Waals surface area contributed by atoms with Crippen molar-refractivity contribution in [2.45, 2.75) is 0 Å². The van der Waals surface area contributed by atoms with Crippen LogP contribution in [0.3, 0.4) is 0 Å². The smallest absolute Gasteiger partial charge is 0.0394 e. The molecule has 0 atom stereocenters. The van der Waals surface area contributed by atoms with Gasteiger partial charge in [0, 0.05) is 11.8 Å². The summed E-state index contributed by atoms with van der Waals surface area (Å²) in [5, 5.41) is 2.84. The highest BCUT2D eigenvalue weighted by molar-refractivity contribution is 7.81. The van der Waals surface area contributed by atoms with Crippen molar-refractivity contribution in [3.8, 4) is 0 Å². The third kappa shape index (κ3) is 4.66. The van der Waals surface area contributed by atoms with Crippen LogP contribution in [0.25, 0.3) is 0 Å². The average molecular weight is 109 g/mol. The van der Waals surface area contributed by atoms with E-state index >= 15 is 0 Å². The molecule has 0 aliphatic carbocycles. The van der Waals surface area contributed by atoms with Gasteiger partial charge in [0.2, 0.25) is 0 Å². The summed E-state index contributed by atoms with van der Waals surface area (Å²) in [6, 6.07) is 0. The van der Waals surface area contributed by atoms with Crippen molar-refractivity contribution < 1.29 is 0 Å². The molecule has 1 N–H and O–H groups in total. The standard InChI is InChI=1S/C2H7NS2/c4-1-3-2-5/h3-5H,1-2H2. The summed E-state index contributed by atoms with van der Waals surface area (Å²) < 4.78 is 0. The molecule has 0 unspecified atom stereocenters. The highest BCUT2D eigenvalue weighted by Crippen LogP contribution is 1.65. The van der Waals surface area contributed by atoms with Gasteiger partial charge in [-0.1, -0.05) is 0 Å². The predicted octanol–water partition coefficient (Wildman–Crippen LogP) is 0.351. The lowest BCUT2D eigenvalue weighted by atomic mass is 11.2. The molecule has 0 radical (unpaired) electrons. The lowest BCUT2D eigenvalue weighted by Crippen LogP contribution is -2.06. The Morgan fingerprint density at radius 2 is 1.60 bits per heavy atom. The van der Waals surface area contributed by atoms with Gasteiger partial charge in [0.05, 0.1) is 0 Å². The minimum absolute atomic E-state index is 0.712. The molecule has 0 heterocycles. The Bertz CT molecular complexity index is 15.1. The maximum absolute atomic E-state index is 3.84. The zero-order chi connectivity index (χ0) is 4.12.